The van der Waals surface area contributed by atoms with E-state index >= 15 is 0 Å². The van der Waals surface area contributed by atoms with Gasteiger partial charge in [-0.3, -0.25) is 4.79 Å². The molecule has 1 heterocycles. The second kappa shape index (κ2) is 6.57. The number of aryl methyl sites for hydroxylation is 2. The summed E-state index contributed by atoms with van der Waals surface area (Å²) in [6, 6.07) is 9.59. The van der Waals surface area contributed by atoms with E-state index < -0.39 is 0 Å². The lowest BCUT2D eigenvalue weighted by molar-refractivity contribution is -0.111. The van der Waals surface area contributed by atoms with E-state index in [1.165, 1.54) is 6.08 Å². The minimum atomic E-state index is -0.165. The molecular formula is C16H16BrNO2. The molecule has 0 saturated heterocycles. The predicted molar refractivity (Wildman–Crippen MR) is 84.6 cm³/mol. The number of carbonyl (C=O) groups excluding carboxylic acids is 1. The van der Waals surface area contributed by atoms with E-state index in [0.29, 0.717) is 10.4 Å². The molecule has 0 spiro atoms. The maximum atomic E-state index is 12.0. The molecule has 0 bridgehead atoms. The van der Waals surface area contributed by atoms with Crippen LogP contribution < -0.4 is 5.32 Å². The Morgan fingerprint density at radius 2 is 2.15 bits per heavy atom. The van der Waals surface area contributed by atoms with Crippen LogP contribution in [0, 0.1) is 6.92 Å². The van der Waals surface area contributed by atoms with Crippen molar-refractivity contribution in [2.45, 2.75) is 20.3 Å². The van der Waals surface area contributed by atoms with Crippen LogP contribution in [0.15, 0.2) is 45.5 Å². The van der Waals surface area contributed by atoms with Crippen molar-refractivity contribution in [3.63, 3.8) is 0 Å². The molecular weight excluding hydrogens is 318 g/mol. The lowest BCUT2D eigenvalue weighted by Gasteiger charge is -2.11. The maximum absolute atomic E-state index is 12.0. The van der Waals surface area contributed by atoms with Crippen molar-refractivity contribution >= 4 is 33.6 Å². The zero-order valence-corrected chi connectivity index (χ0v) is 13.0. The van der Waals surface area contributed by atoms with E-state index in [1.807, 2.05) is 25.1 Å². The van der Waals surface area contributed by atoms with Gasteiger partial charge in [-0.05, 0) is 58.6 Å². The van der Waals surface area contributed by atoms with E-state index in [4.69, 9.17) is 4.42 Å². The molecule has 2 aromatic rings. The van der Waals surface area contributed by atoms with Gasteiger partial charge in [0.2, 0.25) is 5.91 Å². The maximum Gasteiger partial charge on any atom is 0.248 e. The minimum absolute atomic E-state index is 0.165. The number of benzene rings is 1. The standard InChI is InChI=1S/C16H16BrNO2/c1-3-12-6-4-5-11(2)16(12)18-15(19)10-8-13-7-9-14(17)20-13/h4-10H,3H2,1-2H3,(H,18,19). The summed E-state index contributed by atoms with van der Waals surface area (Å²) >= 11 is 3.22. The molecule has 104 valence electrons. The number of amides is 1. The normalized spacial score (nSPS) is 10.9. The molecule has 4 heteroatoms. The number of carbonyl (C=O) groups is 1. The van der Waals surface area contributed by atoms with Crippen molar-refractivity contribution in [3.8, 4) is 0 Å². The molecule has 1 aromatic heterocycles. The smallest absolute Gasteiger partial charge is 0.248 e. The van der Waals surface area contributed by atoms with Gasteiger partial charge >= 0.3 is 0 Å². The highest BCUT2D eigenvalue weighted by atomic mass is 79.9. The van der Waals surface area contributed by atoms with Gasteiger partial charge in [-0.25, -0.2) is 0 Å². The van der Waals surface area contributed by atoms with Gasteiger partial charge in [-0.1, -0.05) is 25.1 Å². The summed E-state index contributed by atoms with van der Waals surface area (Å²) < 4.78 is 5.95. The summed E-state index contributed by atoms with van der Waals surface area (Å²) in [5.41, 5.74) is 3.09. The number of para-hydroxylation sites is 1. The fourth-order valence-corrected chi connectivity index (χ4v) is 2.26. The van der Waals surface area contributed by atoms with Gasteiger partial charge in [0.25, 0.3) is 0 Å². The van der Waals surface area contributed by atoms with E-state index in [2.05, 4.69) is 28.2 Å². The van der Waals surface area contributed by atoms with Crippen molar-refractivity contribution < 1.29 is 9.21 Å². The van der Waals surface area contributed by atoms with Crippen molar-refractivity contribution in [2.75, 3.05) is 5.32 Å². The number of nitrogens with one attached hydrogen (secondary N) is 1. The molecule has 0 atom stereocenters. The third kappa shape index (κ3) is 3.61. The van der Waals surface area contributed by atoms with Crippen LogP contribution in [-0.2, 0) is 11.2 Å². The first kappa shape index (κ1) is 14.6. The Balaban J connectivity index is 2.10. The SMILES string of the molecule is CCc1cccc(C)c1NC(=O)C=Cc1ccc(Br)o1. The van der Waals surface area contributed by atoms with Crippen LogP contribution in [0.4, 0.5) is 5.69 Å². The topological polar surface area (TPSA) is 42.2 Å². The van der Waals surface area contributed by atoms with Crippen molar-refractivity contribution in [3.05, 3.63) is 58.0 Å². The zero-order chi connectivity index (χ0) is 14.5. The lowest BCUT2D eigenvalue weighted by atomic mass is 10.1. The van der Waals surface area contributed by atoms with Crippen molar-refractivity contribution in [1.82, 2.24) is 0 Å². The summed E-state index contributed by atoms with van der Waals surface area (Å²) in [7, 11) is 0. The first-order chi connectivity index (χ1) is 9.60. The van der Waals surface area contributed by atoms with Crippen LogP contribution in [0.3, 0.4) is 0 Å². The van der Waals surface area contributed by atoms with Crippen LogP contribution in [0.1, 0.15) is 23.8 Å². The summed E-state index contributed by atoms with van der Waals surface area (Å²) in [5.74, 6) is 0.467. The highest BCUT2D eigenvalue weighted by Crippen LogP contribution is 2.21. The Morgan fingerprint density at radius 3 is 2.80 bits per heavy atom. The Hall–Kier alpha value is -1.81. The average Bonchev–Trinajstić information content (AvgIpc) is 2.84. The summed E-state index contributed by atoms with van der Waals surface area (Å²) in [6.07, 6.45) is 3.99. The summed E-state index contributed by atoms with van der Waals surface area (Å²) in [5, 5.41) is 2.93. The van der Waals surface area contributed by atoms with Crippen LogP contribution in [0.5, 0.6) is 0 Å². The molecule has 0 radical (unpaired) electrons. The summed E-state index contributed by atoms with van der Waals surface area (Å²) in [4.78, 5) is 12.0. The molecule has 0 aliphatic carbocycles. The third-order valence-corrected chi connectivity index (χ3v) is 3.41. The second-order valence-electron chi connectivity index (χ2n) is 4.43. The largest absolute Gasteiger partial charge is 0.450 e. The Kier molecular flexibility index (Phi) is 4.79. The van der Waals surface area contributed by atoms with Crippen LogP contribution in [0.2, 0.25) is 0 Å². The van der Waals surface area contributed by atoms with Crippen LogP contribution in [-0.4, -0.2) is 5.91 Å². The van der Waals surface area contributed by atoms with Gasteiger partial charge in [0.15, 0.2) is 4.67 Å². The average molecular weight is 334 g/mol. The van der Waals surface area contributed by atoms with Gasteiger partial charge in [0, 0.05) is 11.8 Å². The van der Waals surface area contributed by atoms with Gasteiger partial charge in [-0.2, -0.15) is 0 Å². The molecule has 3 nitrogen and oxygen atoms in total. The molecule has 20 heavy (non-hydrogen) atoms. The highest BCUT2D eigenvalue weighted by Gasteiger charge is 2.06. The molecule has 0 aliphatic rings. The second-order valence-corrected chi connectivity index (χ2v) is 5.21. The molecule has 1 amide bonds. The molecule has 0 saturated carbocycles. The number of hydrogen-bond donors (Lipinski definition) is 1. The lowest BCUT2D eigenvalue weighted by Crippen LogP contribution is -2.10. The highest BCUT2D eigenvalue weighted by molar-refractivity contribution is 9.10. The number of hydrogen-bond acceptors (Lipinski definition) is 2. The Morgan fingerprint density at radius 1 is 1.35 bits per heavy atom. The van der Waals surface area contributed by atoms with Gasteiger partial charge in [-0.15, -0.1) is 0 Å². The third-order valence-electron chi connectivity index (χ3n) is 2.98. The minimum Gasteiger partial charge on any atom is -0.450 e. The first-order valence-electron chi connectivity index (χ1n) is 6.43. The van der Waals surface area contributed by atoms with Gasteiger partial charge in [0.05, 0.1) is 0 Å². The molecule has 1 aromatic carbocycles. The quantitative estimate of drug-likeness (QED) is 0.833. The molecule has 1 N–H and O–H groups in total. The monoisotopic (exact) mass is 333 g/mol. The molecule has 0 aliphatic heterocycles. The number of anilines is 1. The molecule has 0 fully saturated rings. The van der Waals surface area contributed by atoms with Crippen molar-refractivity contribution in [1.29, 1.82) is 0 Å². The van der Waals surface area contributed by atoms with E-state index in [-0.39, 0.29) is 5.91 Å². The fourth-order valence-electron chi connectivity index (χ4n) is 1.94. The Labute approximate surface area is 126 Å². The van der Waals surface area contributed by atoms with Crippen LogP contribution in [0.25, 0.3) is 6.08 Å². The van der Waals surface area contributed by atoms with Crippen molar-refractivity contribution in [2.24, 2.45) is 0 Å². The summed E-state index contributed by atoms with van der Waals surface area (Å²) in [6.45, 7) is 4.06. The van der Waals surface area contributed by atoms with Gasteiger partial charge < -0.3 is 9.73 Å². The predicted octanol–water partition coefficient (Wildman–Crippen LogP) is 4.56. The molecule has 2 rings (SSSR count). The number of rotatable bonds is 4. The van der Waals surface area contributed by atoms with Gasteiger partial charge in [0.1, 0.15) is 5.76 Å². The van der Waals surface area contributed by atoms with Crippen LogP contribution >= 0.6 is 15.9 Å². The number of furan rings is 1. The van der Waals surface area contributed by atoms with E-state index in [9.17, 15) is 4.79 Å². The fraction of sp³-hybridized carbons (Fsp3) is 0.188. The molecule has 0 unspecified atom stereocenters. The van der Waals surface area contributed by atoms with E-state index in [0.717, 1.165) is 23.2 Å². The van der Waals surface area contributed by atoms with E-state index in [1.54, 1.807) is 18.2 Å². The Bertz CT molecular complexity index is 644. The zero-order valence-electron chi connectivity index (χ0n) is 11.4. The first-order valence-corrected chi connectivity index (χ1v) is 7.22. The number of halogens is 1.